The molecule has 3 aliphatic rings. The highest BCUT2D eigenvalue weighted by molar-refractivity contribution is 7.89. The average Bonchev–Trinajstić information content (AvgIpc) is 4.14. The largest absolute Gasteiger partial charge is 0.744 e. The molecule has 0 spiro atoms. The lowest BCUT2D eigenvalue weighted by molar-refractivity contribution is -0.132. The van der Waals surface area contributed by atoms with Crippen LogP contribution in [0.25, 0.3) is 33.4 Å². The molecular weight excluding hydrogens is 1060 g/mol. The van der Waals surface area contributed by atoms with E-state index in [1.54, 1.807) is 30.5 Å². The van der Waals surface area contributed by atoms with Crippen LogP contribution in [0.4, 0.5) is 5.69 Å². The van der Waals surface area contributed by atoms with Crippen LogP contribution in [-0.4, -0.2) is 134 Å². The molecule has 1 aliphatic carbocycles. The number of likely N-dealkylation sites (tertiary alicyclic amines) is 1. The predicted molar refractivity (Wildman–Crippen MR) is 306 cm³/mol. The fourth-order valence-electron chi connectivity index (χ4n) is 10.3. The number of carbonyl (C=O) groups is 3. The fraction of sp³-hybridized carbons (Fsp3) is 0.414. The molecule has 4 N–H and O–H groups in total. The number of fused-ring (bicyclic) bond motifs is 2. The number of unbranched alkanes of at least 4 members (excludes halogenated alkanes) is 1. The molecule has 0 radical (unpaired) electrons. The van der Waals surface area contributed by atoms with Gasteiger partial charge in [-0.25, -0.2) is 36.1 Å². The van der Waals surface area contributed by atoms with E-state index in [1.807, 2.05) is 112 Å². The van der Waals surface area contributed by atoms with Gasteiger partial charge in [0.05, 0.1) is 46.3 Å². The van der Waals surface area contributed by atoms with Gasteiger partial charge in [0.1, 0.15) is 46.6 Å². The van der Waals surface area contributed by atoms with Crippen LogP contribution in [0, 0.1) is 0 Å². The maximum atomic E-state index is 14.7. The summed E-state index contributed by atoms with van der Waals surface area (Å²) in [5.41, 5.74) is 4.64. The van der Waals surface area contributed by atoms with Gasteiger partial charge in [-0.05, 0) is 116 Å². The smallest absolute Gasteiger partial charge is 0.243 e. The van der Waals surface area contributed by atoms with Crippen LogP contribution >= 0.6 is 0 Å². The lowest BCUT2D eigenvalue weighted by atomic mass is 9.93. The number of piperidine rings is 1. The third kappa shape index (κ3) is 14.8. The van der Waals surface area contributed by atoms with E-state index < -0.39 is 53.8 Å². The van der Waals surface area contributed by atoms with E-state index in [0.29, 0.717) is 45.8 Å². The molecule has 2 aliphatic heterocycles. The Morgan fingerprint density at radius 3 is 2.21 bits per heavy atom. The van der Waals surface area contributed by atoms with Gasteiger partial charge in [0.15, 0.2) is 0 Å². The minimum absolute atomic E-state index is 0.0438. The Bertz CT molecular complexity index is 3560. The molecule has 20 nitrogen and oxygen atoms in total. The highest BCUT2D eigenvalue weighted by Gasteiger charge is 2.31. The van der Waals surface area contributed by atoms with E-state index in [-0.39, 0.29) is 56.2 Å². The number of aromatic nitrogens is 4. The molecule has 0 unspecified atom stereocenters. The minimum Gasteiger partial charge on any atom is -0.744 e. The Morgan fingerprint density at radius 2 is 1.52 bits per heavy atom. The molecule has 1 saturated heterocycles. The number of imidazole rings is 2. The van der Waals surface area contributed by atoms with E-state index in [4.69, 9.17) is 4.42 Å². The zero-order valence-electron chi connectivity index (χ0n) is 46.4. The van der Waals surface area contributed by atoms with Gasteiger partial charge >= 0.3 is 0 Å². The summed E-state index contributed by atoms with van der Waals surface area (Å²) in [6, 6.07) is 22.3. The van der Waals surface area contributed by atoms with Crippen molar-refractivity contribution in [2.45, 2.75) is 107 Å². The van der Waals surface area contributed by atoms with Gasteiger partial charge in [0, 0.05) is 98.0 Å². The molecule has 2 aromatic heterocycles. The van der Waals surface area contributed by atoms with Crippen LogP contribution in [0.1, 0.15) is 76.8 Å². The number of nitrogens with zero attached hydrogens (tertiary/aromatic N) is 7. The molecule has 1 fully saturated rings. The first-order valence-corrected chi connectivity index (χ1v) is 30.3. The van der Waals surface area contributed by atoms with E-state index in [2.05, 4.69) is 45.0 Å². The number of hydrogen-bond acceptors (Lipinski definition) is 13. The molecule has 3 aromatic carbocycles. The van der Waals surface area contributed by atoms with Crippen LogP contribution in [0.5, 0.6) is 0 Å². The first kappa shape index (κ1) is 58.9. The summed E-state index contributed by atoms with van der Waals surface area (Å²) in [4.78, 5) is 54.3. The standard InChI is InChI=1S/C58H73N11O9S2/c1-7-68(8-2)44-19-22-47-52(32-44)78-53-33-45(69(9-3)10-4)20-23-48(53)56(47)49-24-21-46(80(75,76)77)34-54(49)79(73,74)61-27-15-14-18-50(63-55(70)31-43-36-66(6)38-59-43)57(71)64-51(58(72)62-41-25-28-65(5)29-26-41)30-42-37-67(39-60-42)35-40-16-12-11-13-17-40/h11-13,16-17,19-24,32-34,36-39,41,50-51,61H,7-10,14-15,18,25-31,35H2,1-6H3,(H3-,62,63,64,70,71,72,75,76,77)/t50-,51-/m0/s1. The van der Waals surface area contributed by atoms with Crippen molar-refractivity contribution in [2.75, 3.05) is 57.8 Å². The van der Waals surface area contributed by atoms with E-state index in [1.165, 1.54) is 6.07 Å². The van der Waals surface area contributed by atoms with Crippen molar-refractivity contribution in [3.63, 3.8) is 0 Å². The van der Waals surface area contributed by atoms with Crippen molar-refractivity contribution in [2.24, 2.45) is 7.05 Å². The summed E-state index contributed by atoms with van der Waals surface area (Å²) < 4.78 is 82.1. The topological polar surface area (TPSA) is 249 Å². The Balaban J connectivity index is 1.06. The Labute approximate surface area is 468 Å². The van der Waals surface area contributed by atoms with E-state index in [9.17, 15) is 35.8 Å². The molecule has 2 atom stereocenters. The Hall–Kier alpha value is -7.24. The third-order valence-corrected chi connectivity index (χ3v) is 17.0. The van der Waals surface area contributed by atoms with Gasteiger partial charge in [0.25, 0.3) is 0 Å². The quantitative estimate of drug-likeness (QED) is 0.0259. The molecule has 4 heterocycles. The number of hydrogen-bond donors (Lipinski definition) is 4. The number of sulfonamides is 1. The van der Waals surface area contributed by atoms with Crippen LogP contribution < -0.4 is 35.5 Å². The number of carbonyl (C=O) groups excluding carboxylic acids is 3. The lowest BCUT2D eigenvalue weighted by Gasteiger charge is -2.31. The highest BCUT2D eigenvalue weighted by Crippen LogP contribution is 2.43. The van der Waals surface area contributed by atoms with Crippen LogP contribution in [0.15, 0.2) is 124 Å². The number of amides is 3. The van der Waals surface area contributed by atoms with Crippen molar-refractivity contribution < 1.29 is 40.2 Å². The van der Waals surface area contributed by atoms with Crippen molar-refractivity contribution in [1.29, 1.82) is 0 Å². The second-order valence-corrected chi connectivity index (χ2v) is 23.5. The maximum absolute atomic E-state index is 14.7. The number of aryl methyl sites for hydroxylation is 1. The van der Waals surface area contributed by atoms with Gasteiger partial charge in [-0.2, -0.15) is 0 Å². The molecule has 0 bridgehead atoms. The summed E-state index contributed by atoms with van der Waals surface area (Å²) in [7, 11) is -5.91. The van der Waals surface area contributed by atoms with Crippen molar-refractivity contribution >= 4 is 54.5 Å². The SMILES string of the molecule is CCN(CC)c1ccc2c(-c3ccc(S(=O)(=O)[O-])cc3S(=O)(=O)NCCCC[C@H](NC(=O)Cc3cn(C)cn3)C(=O)N[C@@H](Cc3cn(Cc4ccccc4)cn3)C(=O)NC3CCN(C)CC3)c3ccc(=[N+](CC)CC)cc-3oc2c1. The van der Waals surface area contributed by atoms with Gasteiger partial charge in [-0.1, -0.05) is 36.4 Å². The normalized spacial score (nSPS) is 14.2. The van der Waals surface area contributed by atoms with Gasteiger partial charge in [-0.3, -0.25) is 14.4 Å². The maximum Gasteiger partial charge on any atom is 0.243 e. The number of rotatable bonds is 25. The van der Waals surface area contributed by atoms with E-state index in [0.717, 1.165) is 80.9 Å². The first-order valence-electron chi connectivity index (χ1n) is 27.4. The summed E-state index contributed by atoms with van der Waals surface area (Å²) >= 11 is 0. The zero-order chi connectivity index (χ0) is 57.1. The molecule has 80 heavy (non-hydrogen) atoms. The molecular formula is C58H73N11O9S2. The second-order valence-electron chi connectivity index (χ2n) is 20.4. The Kier molecular flexibility index (Phi) is 19.4. The lowest BCUT2D eigenvalue weighted by Crippen LogP contribution is -2.56. The predicted octanol–water partition coefficient (Wildman–Crippen LogP) is 4.86. The van der Waals surface area contributed by atoms with Crippen molar-refractivity contribution in [3.8, 4) is 22.5 Å². The first-order chi connectivity index (χ1) is 38.4. The zero-order valence-corrected chi connectivity index (χ0v) is 48.0. The highest BCUT2D eigenvalue weighted by atomic mass is 32.2. The monoisotopic (exact) mass is 1130 g/mol. The van der Waals surface area contributed by atoms with Gasteiger partial charge < -0.3 is 43.9 Å². The van der Waals surface area contributed by atoms with Gasteiger partial charge in [0.2, 0.25) is 33.1 Å². The van der Waals surface area contributed by atoms with Crippen molar-refractivity contribution in [3.05, 3.63) is 132 Å². The van der Waals surface area contributed by atoms with Gasteiger partial charge in [-0.15, -0.1) is 0 Å². The summed E-state index contributed by atoms with van der Waals surface area (Å²) in [5, 5.41) is 10.4. The molecule has 3 amide bonds. The van der Waals surface area contributed by atoms with Crippen LogP contribution in [-0.2, 0) is 61.0 Å². The molecule has 0 saturated carbocycles. The van der Waals surface area contributed by atoms with Crippen molar-refractivity contribution in [1.82, 2.24) is 49.3 Å². The fourth-order valence-corrected chi connectivity index (χ4v) is 12.2. The minimum atomic E-state index is -5.12. The molecule has 5 aromatic rings. The van der Waals surface area contributed by atoms with E-state index >= 15 is 0 Å². The third-order valence-electron chi connectivity index (χ3n) is 14.7. The second kappa shape index (κ2) is 26.4. The average molecular weight is 1130 g/mol. The Morgan fingerprint density at radius 1 is 0.800 bits per heavy atom. The van der Waals surface area contributed by atoms with Crippen LogP contribution in [0.2, 0.25) is 0 Å². The number of anilines is 1. The molecule has 426 valence electrons. The summed E-state index contributed by atoms with van der Waals surface area (Å²) in [6.45, 7) is 13.1. The summed E-state index contributed by atoms with van der Waals surface area (Å²) in [6.07, 6.45) is 8.61. The molecule has 22 heteroatoms. The molecule has 8 rings (SSSR count). The summed E-state index contributed by atoms with van der Waals surface area (Å²) in [5.74, 6) is -1.02. The van der Waals surface area contributed by atoms with Crippen LogP contribution in [0.3, 0.4) is 0 Å². The number of benzene rings is 4. The number of nitrogens with one attached hydrogen (secondary N) is 4.